The molecule has 1 unspecified atom stereocenters. The van der Waals surface area contributed by atoms with Gasteiger partial charge in [0.1, 0.15) is 5.60 Å². The number of nitrogens with two attached hydrogens (primary N) is 1. The fourth-order valence-electron chi connectivity index (χ4n) is 2.02. The van der Waals surface area contributed by atoms with Crippen molar-refractivity contribution in [2.24, 2.45) is 5.73 Å². The molecule has 0 saturated carbocycles. The maximum atomic E-state index is 10.6. The lowest BCUT2D eigenvalue weighted by molar-refractivity contribution is 0.0312. The van der Waals surface area contributed by atoms with Crippen LogP contribution in [0.25, 0.3) is 0 Å². The summed E-state index contributed by atoms with van der Waals surface area (Å²) >= 11 is 5.96. The molecule has 0 radical (unpaired) electrons. The molecular formula is C14H18ClN3O. The average Bonchev–Trinajstić information content (AvgIpc) is 2.76. The van der Waals surface area contributed by atoms with E-state index in [1.54, 1.807) is 10.9 Å². The molecule has 1 aromatic carbocycles. The zero-order valence-electron chi connectivity index (χ0n) is 10.9. The number of halogens is 1. The van der Waals surface area contributed by atoms with E-state index in [1.807, 2.05) is 37.3 Å². The number of rotatable bonds is 5. The quantitative estimate of drug-likeness (QED) is 0.881. The Bertz CT molecular complexity index is 521. The summed E-state index contributed by atoms with van der Waals surface area (Å²) in [7, 11) is 0. The summed E-state index contributed by atoms with van der Waals surface area (Å²) in [4.78, 5) is 0. The van der Waals surface area contributed by atoms with Crippen molar-refractivity contribution in [3.63, 3.8) is 0 Å². The number of hydrogen-bond donors (Lipinski definition) is 2. The van der Waals surface area contributed by atoms with Crippen molar-refractivity contribution in [1.82, 2.24) is 9.78 Å². The minimum Gasteiger partial charge on any atom is -0.384 e. The minimum atomic E-state index is -1.03. The van der Waals surface area contributed by atoms with E-state index in [0.29, 0.717) is 18.0 Å². The van der Waals surface area contributed by atoms with E-state index in [2.05, 4.69) is 5.10 Å². The maximum Gasteiger partial charge on any atom is 0.104 e. The molecule has 2 rings (SSSR count). The molecular weight excluding hydrogens is 262 g/mol. The fourth-order valence-corrected chi connectivity index (χ4v) is 2.17. The highest BCUT2D eigenvalue weighted by Gasteiger charge is 2.27. The highest BCUT2D eigenvalue weighted by Crippen LogP contribution is 2.24. The molecule has 1 heterocycles. The molecule has 0 aliphatic carbocycles. The van der Waals surface area contributed by atoms with Crippen molar-refractivity contribution in [2.75, 3.05) is 6.54 Å². The highest BCUT2D eigenvalue weighted by atomic mass is 35.5. The van der Waals surface area contributed by atoms with E-state index in [1.165, 1.54) is 0 Å². The highest BCUT2D eigenvalue weighted by molar-refractivity contribution is 6.31. The zero-order chi connectivity index (χ0) is 13.9. The normalized spacial score (nSPS) is 14.3. The van der Waals surface area contributed by atoms with Crippen LogP contribution in [0.3, 0.4) is 0 Å². The first-order chi connectivity index (χ1) is 9.05. The van der Waals surface area contributed by atoms with Crippen LogP contribution >= 0.6 is 11.6 Å². The lowest BCUT2D eigenvalue weighted by Crippen LogP contribution is -2.36. The number of hydrogen-bond acceptors (Lipinski definition) is 3. The zero-order valence-corrected chi connectivity index (χ0v) is 11.6. The first-order valence-electron chi connectivity index (χ1n) is 6.23. The predicted octanol–water partition coefficient (Wildman–Crippen LogP) is 2.08. The average molecular weight is 280 g/mol. The number of aryl methyl sites for hydroxylation is 2. The van der Waals surface area contributed by atoms with Crippen LogP contribution in [0.15, 0.2) is 36.5 Å². The van der Waals surface area contributed by atoms with E-state index in [4.69, 9.17) is 17.3 Å². The van der Waals surface area contributed by atoms with E-state index in [-0.39, 0.29) is 6.54 Å². The first-order valence-corrected chi connectivity index (χ1v) is 6.60. The molecule has 0 aliphatic heterocycles. The van der Waals surface area contributed by atoms with Crippen molar-refractivity contribution in [3.8, 4) is 0 Å². The summed E-state index contributed by atoms with van der Waals surface area (Å²) in [6, 6.07) is 9.47. The molecule has 3 N–H and O–H groups in total. The molecule has 0 aliphatic rings. The van der Waals surface area contributed by atoms with Gasteiger partial charge in [0.15, 0.2) is 0 Å². The van der Waals surface area contributed by atoms with Crippen molar-refractivity contribution >= 4 is 11.6 Å². The van der Waals surface area contributed by atoms with Gasteiger partial charge in [0.2, 0.25) is 0 Å². The van der Waals surface area contributed by atoms with E-state index in [0.717, 1.165) is 11.3 Å². The molecule has 0 bridgehead atoms. The minimum absolute atomic E-state index is 0.172. The second kappa shape index (κ2) is 5.74. The van der Waals surface area contributed by atoms with Gasteiger partial charge in [-0.3, -0.25) is 4.68 Å². The molecule has 0 fully saturated rings. The van der Waals surface area contributed by atoms with Crippen LogP contribution in [-0.2, 0) is 12.1 Å². The third kappa shape index (κ3) is 3.15. The molecule has 0 amide bonds. The Kier molecular flexibility index (Phi) is 4.24. The van der Waals surface area contributed by atoms with Crippen LogP contribution in [0, 0.1) is 6.92 Å². The second-order valence-corrected chi connectivity index (χ2v) is 5.08. The van der Waals surface area contributed by atoms with Crippen LogP contribution in [0.1, 0.15) is 17.7 Å². The predicted molar refractivity (Wildman–Crippen MR) is 76.0 cm³/mol. The smallest absolute Gasteiger partial charge is 0.104 e. The van der Waals surface area contributed by atoms with E-state index < -0.39 is 5.60 Å². The second-order valence-electron chi connectivity index (χ2n) is 4.68. The Morgan fingerprint density at radius 2 is 2.05 bits per heavy atom. The van der Waals surface area contributed by atoms with Gasteiger partial charge < -0.3 is 10.8 Å². The molecule has 102 valence electrons. The summed E-state index contributed by atoms with van der Waals surface area (Å²) < 4.78 is 1.74. The van der Waals surface area contributed by atoms with Crippen LogP contribution in [-0.4, -0.2) is 21.4 Å². The summed E-state index contributed by atoms with van der Waals surface area (Å²) in [5.41, 5.74) is 6.31. The van der Waals surface area contributed by atoms with Crippen molar-refractivity contribution < 1.29 is 5.11 Å². The van der Waals surface area contributed by atoms with Crippen LogP contribution in [0.4, 0.5) is 0 Å². The van der Waals surface area contributed by atoms with Gasteiger partial charge >= 0.3 is 0 Å². The Balaban J connectivity index is 2.11. The largest absolute Gasteiger partial charge is 0.384 e. The van der Waals surface area contributed by atoms with Gasteiger partial charge in [-0.05, 0) is 12.5 Å². The van der Waals surface area contributed by atoms with Gasteiger partial charge in [-0.15, -0.1) is 0 Å². The van der Waals surface area contributed by atoms with Gasteiger partial charge in [-0.25, -0.2) is 0 Å². The number of benzene rings is 1. The molecule has 0 saturated heterocycles. The number of nitrogens with zero attached hydrogens (tertiary/aromatic N) is 2. The third-order valence-corrected chi connectivity index (χ3v) is 3.66. The van der Waals surface area contributed by atoms with Gasteiger partial charge in [0.05, 0.1) is 10.7 Å². The van der Waals surface area contributed by atoms with Crippen molar-refractivity contribution in [3.05, 3.63) is 52.8 Å². The maximum absolute atomic E-state index is 10.6. The van der Waals surface area contributed by atoms with Gasteiger partial charge in [0.25, 0.3) is 0 Å². The fraction of sp³-hybridized carbons (Fsp3) is 0.357. The van der Waals surface area contributed by atoms with Crippen LogP contribution in [0.5, 0.6) is 0 Å². The molecule has 1 aromatic heterocycles. The number of aliphatic hydroxyl groups is 1. The summed E-state index contributed by atoms with van der Waals surface area (Å²) in [6.45, 7) is 2.59. The van der Waals surface area contributed by atoms with Crippen LogP contribution < -0.4 is 5.73 Å². The molecule has 4 nitrogen and oxygen atoms in total. The Morgan fingerprint density at radius 3 is 2.58 bits per heavy atom. The van der Waals surface area contributed by atoms with Crippen molar-refractivity contribution in [2.45, 2.75) is 25.5 Å². The molecule has 0 spiro atoms. The Morgan fingerprint density at radius 1 is 1.37 bits per heavy atom. The third-order valence-electron chi connectivity index (χ3n) is 3.29. The summed E-state index contributed by atoms with van der Waals surface area (Å²) in [6.07, 6.45) is 2.25. The summed E-state index contributed by atoms with van der Waals surface area (Å²) in [5.74, 6) is 0. The summed E-state index contributed by atoms with van der Waals surface area (Å²) in [5, 5.41) is 15.5. The number of aromatic nitrogens is 2. The molecule has 19 heavy (non-hydrogen) atoms. The molecule has 1 atom stereocenters. The molecule has 5 heteroatoms. The van der Waals surface area contributed by atoms with Gasteiger partial charge in [0, 0.05) is 25.7 Å². The Labute approximate surface area is 117 Å². The Hall–Kier alpha value is -1.36. The van der Waals surface area contributed by atoms with Crippen LogP contribution in [0.2, 0.25) is 5.02 Å². The standard InChI is InChI=1S/C14H18ClN3O/c1-11-13(15)9-18(17-11)8-7-14(19,10-16)12-5-3-2-4-6-12/h2-6,9,19H,7-8,10,16H2,1H3. The van der Waals surface area contributed by atoms with E-state index >= 15 is 0 Å². The van der Waals surface area contributed by atoms with Crippen molar-refractivity contribution in [1.29, 1.82) is 0 Å². The first kappa shape index (κ1) is 14.1. The monoisotopic (exact) mass is 279 g/mol. The topological polar surface area (TPSA) is 64.1 Å². The van der Waals surface area contributed by atoms with E-state index in [9.17, 15) is 5.11 Å². The lowest BCUT2D eigenvalue weighted by atomic mass is 9.90. The van der Waals surface area contributed by atoms with Gasteiger partial charge in [-0.2, -0.15) is 5.10 Å². The SMILES string of the molecule is Cc1nn(CCC(O)(CN)c2ccccc2)cc1Cl. The molecule has 2 aromatic rings. The lowest BCUT2D eigenvalue weighted by Gasteiger charge is -2.27. The van der Waals surface area contributed by atoms with Gasteiger partial charge in [-0.1, -0.05) is 41.9 Å².